The van der Waals surface area contributed by atoms with Crippen LogP contribution in [0.1, 0.15) is 41.5 Å². The molecule has 0 aromatic carbocycles. The van der Waals surface area contributed by atoms with E-state index in [9.17, 15) is 0 Å². The van der Waals surface area contributed by atoms with Crippen LogP contribution in [0.3, 0.4) is 0 Å². The van der Waals surface area contributed by atoms with Gasteiger partial charge in [0.15, 0.2) is 0 Å². The van der Waals surface area contributed by atoms with Gasteiger partial charge in [0.25, 0.3) is 0 Å². The Hall–Kier alpha value is -0.550. The van der Waals surface area contributed by atoms with Crippen LogP contribution in [0.5, 0.6) is 0 Å². The number of nitriles is 1. The zero-order valence-corrected chi connectivity index (χ0v) is 8.93. The summed E-state index contributed by atoms with van der Waals surface area (Å²) in [7, 11) is 0. The Kier molecular flexibility index (Phi) is 3.29. The molecule has 0 bridgehead atoms. The number of hydrogen-bond donors (Lipinski definition) is 0. The molecule has 0 saturated carbocycles. The van der Waals surface area contributed by atoms with E-state index in [1.165, 1.54) is 0 Å². The van der Waals surface area contributed by atoms with E-state index in [-0.39, 0.29) is 5.60 Å². The molecule has 0 atom stereocenters. The third kappa shape index (κ3) is 3.23. The van der Waals surface area contributed by atoms with Crippen LogP contribution in [0.4, 0.5) is 0 Å². The highest BCUT2D eigenvalue weighted by Gasteiger charge is 2.31. The van der Waals surface area contributed by atoms with Crippen molar-refractivity contribution in [2.75, 3.05) is 0 Å². The third-order valence-electron chi connectivity index (χ3n) is 2.18. The average molecular weight is 169 g/mol. The van der Waals surface area contributed by atoms with E-state index in [4.69, 9.17) is 10.00 Å². The molecular weight excluding hydrogens is 150 g/mol. The molecule has 2 nitrogen and oxygen atoms in total. The van der Waals surface area contributed by atoms with Gasteiger partial charge in [-0.25, -0.2) is 0 Å². The lowest BCUT2D eigenvalue weighted by Gasteiger charge is -2.35. The number of ether oxygens (including phenoxy) is 1. The van der Waals surface area contributed by atoms with E-state index in [1.54, 1.807) is 13.8 Å². The van der Waals surface area contributed by atoms with Crippen LogP contribution < -0.4 is 0 Å². The molecule has 0 spiro atoms. The minimum absolute atomic E-state index is 0.237. The van der Waals surface area contributed by atoms with Crippen LogP contribution >= 0.6 is 0 Å². The van der Waals surface area contributed by atoms with Gasteiger partial charge in [0, 0.05) is 0 Å². The van der Waals surface area contributed by atoms with Crippen LogP contribution in [0, 0.1) is 17.2 Å². The van der Waals surface area contributed by atoms with Gasteiger partial charge in [-0.05, 0) is 33.6 Å². The summed E-state index contributed by atoms with van der Waals surface area (Å²) in [6, 6.07) is 2.13. The first-order chi connectivity index (χ1) is 5.21. The van der Waals surface area contributed by atoms with Gasteiger partial charge in [0.05, 0.1) is 11.7 Å². The molecule has 0 fully saturated rings. The Morgan fingerprint density at radius 2 is 1.58 bits per heavy atom. The normalized spacial score (nSPS) is 13.2. The molecule has 0 saturated heterocycles. The van der Waals surface area contributed by atoms with Gasteiger partial charge < -0.3 is 4.74 Å². The summed E-state index contributed by atoms with van der Waals surface area (Å²) in [4.78, 5) is 0. The highest BCUT2D eigenvalue weighted by atomic mass is 16.5. The fourth-order valence-corrected chi connectivity index (χ4v) is 0.798. The van der Waals surface area contributed by atoms with Crippen LogP contribution in [0.25, 0.3) is 0 Å². The van der Waals surface area contributed by atoms with Gasteiger partial charge in [-0.3, -0.25) is 0 Å². The Morgan fingerprint density at radius 3 is 1.83 bits per heavy atom. The maximum atomic E-state index is 8.76. The van der Waals surface area contributed by atoms with Gasteiger partial charge in [-0.1, -0.05) is 13.8 Å². The zero-order chi connectivity index (χ0) is 9.99. The van der Waals surface area contributed by atoms with Crippen molar-refractivity contribution < 1.29 is 4.74 Å². The topological polar surface area (TPSA) is 33.0 Å². The van der Waals surface area contributed by atoms with Crippen LogP contribution in [0.15, 0.2) is 0 Å². The van der Waals surface area contributed by atoms with E-state index < -0.39 is 5.60 Å². The van der Waals surface area contributed by atoms with Crippen molar-refractivity contribution in [3.8, 4) is 6.07 Å². The Bertz CT molecular complexity index is 187. The second-order valence-electron chi connectivity index (χ2n) is 4.48. The SMILES string of the molecule is CC(C)C(C)(C)OC(C)(C)C#N. The Balaban J connectivity index is 4.37. The van der Waals surface area contributed by atoms with Crippen LogP contribution in [0.2, 0.25) is 0 Å². The molecule has 0 aliphatic rings. The zero-order valence-electron chi connectivity index (χ0n) is 8.93. The van der Waals surface area contributed by atoms with E-state index >= 15 is 0 Å². The summed E-state index contributed by atoms with van der Waals surface area (Å²) in [6.07, 6.45) is 0. The fraction of sp³-hybridized carbons (Fsp3) is 0.900. The minimum atomic E-state index is -0.687. The highest BCUT2D eigenvalue weighted by Crippen LogP contribution is 2.26. The average Bonchev–Trinajstić information content (AvgIpc) is 1.85. The predicted molar refractivity (Wildman–Crippen MR) is 49.7 cm³/mol. The van der Waals surface area contributed by atoms with Crippen LogP contribution in [-0.4, -0.2) is 11.2 Å². The summed E-state index contributed by atoms with van der Waals surface area (Å²) < 4.78 is 5.67. The van der Waals surface area contributed by atoms with Gasteiger partial charge in [-0.15, -0.1) is 0 Å². The summed E-state index contributed by atoms with van der Waals surface area (Å²) in [6.45, 7) is 11.8. The smallest absolute Gasteiger partial charge is 0.149 e. The highest BCUT2D eigenvalue weighted by molar-refractivity contribution is 4.96. The van der Waals surface area contributed by atoms with Crippen molar-refractivity contribution in [2.45, 2.75) is 52.7 Å². The van der Waals surface area contributed by atoms with Crippen molar-refractivity contribution in [2.24, 2.45) is 5.92 Å². The molecule has 0 amide bonds. The summed E-state index contributed by atoms with van der Waals surface area (Å²) in [5.41, 5.74) is -0.924. The van der Waals surface area contributed by atoms with Crippen molar-refractivity contribution in [3.05, 3.63) is 0 Å². The molecule has 0 unspecified atom stereocenters. The molecule has 70 valence electrons. The summed E-state index contributed by atoms with van der Waals surface area (Å²) >= 11 is 0. The molecule has 0 aliphatic heterocycles. The third-order valence-corrected chi connectivity index (χ3v) is 2.18. The fourth-order valence-electron chi connectivity index (χ4n) is 0.798. The van der Waals surface area contributed by atoms with E-state index in [0.29, 0.717) is 5.92 Å². The standard InChI is InChI=1S/C10H19NO/c1-8(2)10(5,6)12-9(3,4)7-11/h8H,1-6H3. The Morgan fingerprint density at radius 1 is 1.17 bits per heavy atom. The second kappa shape index (κ2) is 3.45. The number of hydrogen-bond acceptors (Lipinski definition) is 2. The van der Waals surface area contributed by atoms with Gasteiger partial charge in [0.1, 0.15) is 5.60 Å². The first-order valence-corrected chi connectivity index (χ1v) is 4.33. The molecule has 0 radical (unpaired) electrons. The monoisotopic (exact) mass is 169 g/mol. The first kappa shape index (κ1) is 11.4. The lowest BCUT2D eigenvalue weighted by molar-refractivity contribution is -0.117. The number of rotatable bonds is 3. The maximum absolute atomic E-state index is 8.76. The molecule has 0 heterocycles. The largest absolute Gasteiger partial charge is 0.355 e. The number of nitrogens with zero attached hydrogens (tertiary/aromatic N) is 1. The lowest BCUT2D eigenvalue weighted by Crippen LogP contribution is -2.39. The molecule has 12 heavy (non-hydrogen) atoms. The Labute approximate surface area is 75.5 Å². The van der Waals surface area contributed by atoms with E-state index in [2.05, 4.69) is 19.9 Å². The molecule has 0 aliphatic carbocycles. The quantitative estimate of drug-likeness (QED) is 0.650. The van der Waals surface area contributed by atoms with Gasteiger partial charge in [-0.2, -0.15) is 5.26 Å². The molecule has 2 heteroatoms. The van der Waals surface area contributed by atoms with Crippen molar-refractivity contribution in [1.29, 1.82) is 5.26 Å². The molecule has 0 rings (SSSR count). The van der Waals surface area contributed by atoms with Crippen LogP contribution in [-0.2, 0) is 4.74 Å². The minimum Gasteiger partial charge on any atom is -0.355 e. The van der Waals surface area contributed by atoms with Crippen molar-refractivity contribution in [3.63, 3.8) is 0 Å². The van der Waals surface area contributed by atoms with E-state index in [1.807, 2.05) is 13.8 Å². The molecule has 0 aromatic rings. The lowest BCUT2D eigenvalue weighted by atomic mass is 9.93. The molecule has 0 aromatic heterocycles. The van der Waals surface area contributed by atoms with Gasteiger partial charge >= 0.3 is 0 Å². The summed E-state index contributed by atoms with van der Waals surface area (Å²) in [5, 5.41) is 8.76. The second-order valence-corrected chi connectivity index (χ2v) is 4.48. The predicted octanol–water partition coefficient (Wildman–Crippen LogP) is 2.74. The van der Waals surface area contributed by atoms with Crippen molar-refractivity contribution in [1.82, 2.24) is 0 Å². The summed E-state index contributed by atoms with van der Waals surface area (Å²) in [5.74, 6) is 0.408. The molecular formula is C10H19NO. The van der Waals surface area contributed by atoms with Gasteiger partial charge in [0.2, 0.25) is 0 Å². The molecule has 0 N–H and O–H groups in total. The van der Waals surface area contributed by atoms with E-state index in [0.717, 1.165) is 0 Å². The first-order valence-electron chi connectivity index (χ1n) is 4.33. The van der Waals surface area contributed by atoms with Crippen molar-refractivity contribution >= 4 is 0 Å². The maximum Gasteiger partial charge on any atom is 0.149 e.